The molecule has 1 heterocycles. The van der Waals surface area contributed by atoms with Gasteiger partial charge in [-0.15, -0.1) is 0 Å². The molecule has 0 amide bonds. The van der Waals surface area contributed by atoms with Crippen LogP contribution in [0.4, 0.5) is 0 Å². The topological polar surface area (TPSA) is 64.1 Å². The van der Waals surface area contributed by atoms with Gasteiger partial charge >= 0.3 is 0 Å². The molecule has 25 heavy (non-hydrogen) atoms. The standard InChI is InChI=1S/C18H27N3O3S/c1-4-22-14-8-9-17(23-5-2)16(11-14)13(3)20-21-18(25)19-12-15-7-6-10-24-15/h8-9,11,15H,4-7,10,12H2,1-3H3,(H2,19,21,25)/b20-13-/t15-/m0/s1. The van der Waals surface area contributed by atoms with Crippen molar-refractivity contribution in [3.8, 4) is 11.5 Å². The third-order valence-electron chi connectivity index (χ3n) is 3.79. The summed E-state index contributed by atoms with van der Waals surface area (Å²) in [5.74, 6) is 1.56. The highest BCUT2D eigenvalue weighted by Gasteiger charge is 2.15. The van der Waals surface area contributed by atoms with Gasteiger partial charge in [0.1, 0.15) is 11.5 Å². The Kier molecular flexibility index (Phi) is 7.94. The van der Waals surface area contributed by atoms with Gasteiger partial charge in [-0.25, -0.2) is 0 Å². The summed E-state index contributed by atoms with van der Waals surface area (Å²) in [6.07, 6.45) is 2.41. The lowest BCUT2D eigenvalue weighted by atomic mass is 10.1. The lowest BCUT2D eigenvalue weighted by Crippen LogP contribution is -2.37. The maximum absolute atomic E-state index is 5.68. The van der Waals surface area contributed by atoms with E-state index in [1.54, 1.807) is 0 Å². The first kappa shape index (κ1) is 19.5. The van der Waals surface area contributed by atoms with E-state index < -0.39 is 0 Å². The number of nitrogens with zero attached hydrogens (tertiary/aromatic N) is 1. The van der Waals surface area contributed by atoms with Crippen molar-refractivity contribution in [3.05, 3.63) is 23.8 Å². The van der Waals surface area contributed by atoms with Crippen LogP contribution in [0, 0.1) is 0 Å². The molecule has 0 bridgehead atoms. The fourth-order valence-electron chi connectivity index (χ4n) is 2.58. The van der Waals surface area contributed by atoms with E-state index in [0.717, 1.165) is 42.2 Å². The predicted molar refractivity (Wildman–Crippen MR) is 104 cm³/mol. The minimum Gasteiger partial charge on any atom is -0.494 e. The van der Waals surface area contributed by atoms with Crippen molar-refractivity contribution in [2.45, 2.75) is 39.7 Å². The van der Waals surface area contributed by atoms with Crippen LogP contribution in [0.15, 0.2) is 23.3 Å². The van der Waals surface area contributed by atoms with Gasteiger partial charge in [0.2, 0.25) is 0 Å². The third kappa shape index (κ3) is 6.17. The highest BCUT2D eigenvalue weighted by molar-refractivity contribution is 7.80. The maximum Gasteiger partial charge on any atom is 0.187 e. The first-order valence-electron chi connectivity index (χ1n) is 8.73. The average molecular weight is 365 g/mol. The number of ether oxygens (including phenoxy) is 3. The molecular weight excluding hydrogens is 338 g/mol. The molecule has 1 aliphatic rings. The second-order valence-corrected chi connectivity index (χ2v) is 6.09. The summed E-state index contributed by atoms with van der Waals surface area (Å²) in [5.41, 5.74) is 4.53. The zero-order valence-electron chi connectivity index (χ0n) is 15.1. The number of hydrogen-bond acceptors (Lipinski definition) is 5. The van der Waals surface area contributed by atoms with E-state index in [2.05, 4.69) is 15.8 Å². The molecule has 1 fully saturated rings. The van der Waals surface area contributed by atoms with Crippen LogP contribution in [0.25, 0.3) is 0 Å². The van der Waals surface area contributed by atoms with Gasteiger partial charge in [-0.05, 0) is 64.0 Å². The largest absolute Gasteiger partial charge is 0.494 e. The number of rotatable bonds is 8. The van der Waals surface area contributed by atoms with E-state index in [9.17, 15) is 0 Å². The van der Waals surface area contributed by atoms with Crippen molar-refractivity contribution in [1.29, 1.82) is 0 Å². The number of hydrogen-bond donors (Lipinski definition) is 2. The summed E-state index contributed by atoms with van der Waals surface area (Å²) in [7, 11) is 0. The molecule has 2 rings (SSSR count). The van der Waals surface area contributed by atoms with E-state index >= 15 is 0 Å². The minimum absolute atomic E-state index is 0.234. The smallest absolute Gasteiger partial charge is 0.187 e. The van der Waals surface area contributed by atoms with Crippen molar-refractivity contribution in [1.82, 2.24) is 10.7 Å². The van der Waals surface area contributed by atoms with Crippen molar-refractivity contribution in [3.63, 3.8) is 0 Å². The summed E-state index contributed by atoms with van der Waals surface area (Å²) in [6, 6.07) is 5.72. The monoisotopic (exact) mass is 365 g/mol. The van der Waals surface area contributed by atoms with Gasteiger partial charge in [0.25, 0.3) is 0 Å². The molecule has 138 valence electrons. The first-order chi connectivity index (χ1) is 12.1. The molecule has 1 aromatic carbocycles. The Morgan fingerprint density at radius 1 is 1.32 bits per heavy atom. The quantitative estimate of drug-likeness (QED) is 0.420. The van der Waals surface area contributed by atoms with Crippen LogP contribution in [0.3, 0.4) is 0 Å². The summed E-state index contributed by atoms with van der Waals surface area (Å²) >= 11 is 5.27. The highest BCUT2D eigenvalue weighted by atomic mass is 32.1. The van der Waals surface area contributed by atoms with Crippen LogP contribution < -0.4 is 20.2 Å². The van der Waals surface area contributed by atoms with E-state index in [1.807, 2.05) is 39.0 Å². The average Bonchev–Trinajstić information content (AvgIpc) is 3.13. The lowest BCUT2D eigenvalue weighted by molar-refractivity contribution is 0.114. The Hall–Kier alpha value is -1.86. The molecule has 0 saturated carbocycles. The van der Waals surface area contributed by atoms with E-state index in [1.165, 1.54) is 0 Å². The Morgan fingerprint density at radius 2 is 2.12 bits per heavy atom. The van der Waals surface area contributed by atoms with Crippen LogP contribution in [-0.4, -0.2) is 43.3 Å². The molecule has 0 radical (unpaired) electrons. The number of nitrogens with one attached hydrogen (secondary N) is 2. The molecule has 1 atom stereocenters. The number of benzene rings is 1. The molecule has 0 unspecified atom stereocenters. The Labute approximate surface area is 154 Å². The molecule has 1 aliphatic heterocycles. The normalized spacial score (nSPS) is 17.2. The van der Waals surface area contributed by atoms with Crippen LogP contribution in [-0.2, 0) is 4.74 Å². The van der Waals surface area contributed by atoms with Crippen molar-refractivity contribution >= 4 is 23.0 Å². The van der Waals surface area contributed by atoms with Gasteiger partial charge in [0.05, 0.1) is 25.0 Å². The summed E-state index contributed by atoms with van der Waals surface area (Å²) in [4.78, 5) is 0. The molecular formula is C18H27N3O3S. The van der Waals surface area contributed by atoms with Gasteiger partial charge in [0.15, 0.2) is 5.11 Å². The van der Waals surface area contributed by atoms with Gasteiger partial charge in [-0.2, -0.15) is 5.10 Å². The predicted octanol–water partition coefficient (Wildman–Crippen LogP) is 2.85. The summed E-state index contributed by atoms with van der Waals surface area (Å²) in [6.45, 7) is 8.54. The summed E-state index contributed by atoms with van der Waals surface area (Å²) < 4.78 is 16.8. The van der Waals surface area contributed by atoms with Crippen LogP contribution in [0.2, 0.25) is 0 Å². The second-order valence-electron chi connectivity index (χ2n) is 5.68. The Morgan fingerprint density at radius 3 is 2.80 bits per heavy atom. The molecule has 2 N–H and O–H groups in total. The molecule has 0 spiro atoms. The van der Waals surface area contributed by atoms with Gasteiger partial charge in [-0.1, -0.05) is 0 Å². The maximum atomic E-state index is 5.68. The number of hydrazone groups is 1. The SMILES string of the molecule is CCOc1ccc(OCC)c(/C(C)=N\NC(=S)NC[C@@H]2CCCO2)c1. The van der Waals surface area contributed by atoms with E-state index in [4.69, 9.17) is 26.4 Å². The fraction of sp³-hybridized carbons (Fsp3) is 0.556. The molecule has 1 saturated heterocycles. The fourth-order valence-corrected chi connectivity index (χ4v) is 2.70. The van der Waals surface area contributed by atoms with E-state index in [0.29, 0.717) is 24.9 Å². The highest BCUT2D eigenvalue weighted by Crippen LogP contribution is 2.25. The molecule has 1 aromatic rings. The lowest BCUT2D eigenvalue weighted by Gasteiger charge is -2.14. The Bertz CT molecular complexity index is 601. The molecule has 0 aromatic heterocycles. The van der Waals surface area contributed by atoms with Crippen molar-refractivity contribution in [2.75, 3.05) is 26.4 Å². The van der Waals surface area contributed by atoms with Crippen molar-refractivity contribution < 1.29 is 14.2 Å². The van der Waals surface area contributed by atoms with Crippen LogP contribution in [0.1, 0.15) is 39.2 Å². The molecule has 7 heteroatoms. The van der Waals surface area contributed by atoms with Gasteiger partial charge in [0, 0.05) is 18.7 Å². The molecule has 6 nitrogen and oxygen atoms in total. The van der Waals surface area contributed by atoms with Crippen molar-refractivity contribution in [2.24, 2.45) is 5.10 Å². The van der Waals surface area contributed by atoms with Gasteiger partial charge < -0.3 is 19.5 Å². The summed E-state index contributed by atoms with van der Waals surface area (Å²) in [5, 5.41) is 7.99. The van der Waals surface area contributed by atoms with Gasteiger partial charge in [-0.3, -0.25) is 5.43 Å². The third-order valence-corrected chi connectivity index (χ3v) is 4.03. The zero-order valence-corrected chi connectivity index (χ0v) is 15.9. The van der Waals surface area contributed by atoms with Crippen LogP contribution >= 0.6 is 12.2 Å². The first-order valence-corrected chi connectivity index (χ1v) is 9.14. The number of thiocarbonyl (C=S) groups is 1. The van der Waals surface area contributed by atoms with Crippen LogP contribution in [0.5, 0.6) is 11.5 Å². The second kappa shape index (κ2) is 10.2. The Balaban J connectivity index is 1.98. The zero-order chi connectivity index (χ0) is 18.1. The van der Waals surface area contributed by atoms with E-state index in [-0.39, 0.29) is 6.10 Å². The minimum atomic E-state index is 0.234. The molecule has 0 aliphatic carbocycles.